The maximum absolute atomic E-state index is 13.3. The van der Waals surface area contributed by atoms with Gasteiger partial charge in [-0.25, -0.2) is 8.78 Å². The maximum Gasteiger partial charge on any atom is 0.125 e. The Kier molecular flexibility index (Phi) is 4.12. The first-order chi connectivity index (χ1) is 9.08. The van der Waals surface area contributed by atoms with Crippen LogP contribution in [0.1, 0.15) is 17.2 Å². The molecule has 0 saturated carbocycles. The second-order valence-electron chi connectivity index (χ2n) is 4.45. The van der Waals surface area contributed by atoms with Crippen LogP contribution in [0.2, 0.25) is 0 Å². The Bertz CT molecular complexity index is 552. The predicted octanol–water partition coefficient (Wildman–Crippen LogP) is 3.42. The molecule has 0 bridgehead atoms. The van der Waals surface area contributed by atoms with E-state index >= 15 is 0 Å². The molecule has 2 rings (SSSR count). The van der Waals surface area contributed by atoms with Gasteiger partial charge in [0.1, 0.15) is 11.6 Å². The highest BCUT2D eigenvalue weighted by Gasteiger charge is 2.11. The van der Waals surface area contributed by atoms with E-state index in [0.717, 1.165) is 5.56 Å². The van der Waals surface area contributed by atoms with Crippen LogP contribution in [0.5, 0.6) is 0 Å². The summed E-state index contributed by atoms with van der Waals surface area (Å²) in [7, 11) is 0. The molecule has 0 aromatic heterocycles. The molecule has 2 nitrogen and oxygen atoms in total. The van der Waals surface area contributed by atoms with Crippen molar-refractivity contribution in [1.29, 1.82) is 0 Å². The molecule has 2 aromatic carbocycles. The lowest BCUT2D eigenvalue weighted by Crippen LogP contribution is -2.15. The normalized spacial score (nSPS) is 12.2. The van der Waals surface area contributed by atoms with Gasteiger partial charge in [0.05, 0.1) is 12.6 Å². The van der Waals surface area contributed by atoms with Crippen LogP contribution in [0.3, 0.4) is 0 Å². The maximum atomic E-state index is 13.3. The lowest BCUT2D eigenvalue weighted by atomic mass is 10.1. The summed E-state index contributed by atoms with van der Waals surface area (Å²) in [6.07, 6.45) is 0. The van der Waals surface area contributed by atoms with Crippen molar-refractivity contribution in [2.75, 3.05) is 11.9 Å². The Morgan fingerprint density at radius 3 is 2.53 bits per heavy atom. The lowest BCUT2D eigenvalue weighted by molar-refractivity contribution is 0.276. The average molecular weight is 263 g/mol. The molecule has 19 heavy (non-hydrogen) atoms. The van der Waals surface area contributed by atoms with E-state index in [4.69, 9.17) is 0 Å². The van der Waals surface area contributed by atoms with Gasteiger partial charge in [0.25, 0.3) is 0 Å². The third kappa shape index (κ3) is 3.51. The molecule has 0 spiro atoms. The molecule has 100 valence electrons. The summed E-state index contributed by atoms with van der Waals surface area (Å²) in [4.78, 5) is 0. The lowest BCUT2D eigenvalue weighted by Gasteiger charge is -2.18. The zero-order valence-corrected chi connectivity index (χ0v) is 10.5. The molecule has 0 aliphatic carbocycles. The second kappa shape index (κ2) is 5.80. The highest BCUT2D eigenvalue weighted by Crippen LogP contribution is 2.21. The van der Waals surface area contributed by atoms with Crippen LogP contribution in [0.25, 0.3) is 0 Å². The molecule has 0 radical (unpaired) electrons. The van der Waals surface area contributed by atoms with Crippen molar-refractivity contribution in [2.45, 2.75) is 13.0 Å². The van der Waals surface area contributed by atoms with Gasteiger partial charge in [0, 0.05) is 5.69 Å². The summed E-state index contributed by atoms with van der Waals surface area (Å²) in [6.45, 7) is 1.57. The summed E-state index contributed by atoms with van der Waals surface area (Å²) in [5, 5.41) is 12.4. The topological polar surface area (TPSA) is 32.3 Å². The van der Waals surface area contributed by atoms with E-state index in [1.165, 1.54) is 24.3 Å². The van der Waals surface area contributed by atoms with Crippen molar-refractivity contribution in [3.8, 4) is 0 Å². The fraction of sp³-hybridized carbons (Fsp3) is 0.200. The molecule has 0 aliphatic rings. The second-order valence-corrected chi connectivity index (χ2v) is 4.45. The first kappa shape index (κ1) is 13.5. The number of aliphatic hydroxyl groups excluding tert-OH is 1. The number of nitrogens with one attached hydrogen (secondary N) is 1. The third-order valence-corrected chi connectivity index (χ3v) is 2.82. The summed E-state index contributed by atoms with van der Waals surface area (Å²) in [5.74, 6) is -0.716. The Hall–Kier alpha value is -1.94. The number of aryl methyl sites for hydroxylation is 1. The number of aliphatic hydroxyl groups is 1. The van der Waals surface area contributed by atoms with Crippen molar-refractivity contribution >= 4 is 5.69 Å². The van der Waals surface area contributed by atoms with Crippen molar-refractivity contribution in [2.24, 2.45) is 0 Å². The van der Waals surface area contributed by atoms with E-state index in [2.05, 4.69) is 5.32 Å². The van der Waals surface area contributed by atoms with Crippen molar-refractivity contribution in [1.82, 2.24) is 0 Å². The zero-order chi connectivity index (χ0) is 13.8. The number of hydrogen-bond donors (Lipinski definition) is 2. The summed E-state index contributed by atoms with van der Waals surface area (Å²) >= 11 is 0. The van der Waals surface area contributed by atoms with E-state index in [1.807, 2.05) is 0 Å². The third-order valence-electron chi connectivity index (χ3n) is 2.82. The van der Waals surface area contributed by atoms with Crippen LogP contribution < -0.4 is 5.32 Å². The minimum Gasteiger partial charge on any atom is -0.394 e. The molecule has 0 heterocycles. The number of rotatable bonds is 4. The molecular formula is C15H15F2NO. The van der Waals surface area contributed by atoms with Crippen LogP contribution >= 0.6 is 0 Å². The standard InChI is InChI=1S/C15H15F2NO/c1-10-5-13(17)8-14(6-10)18-15(9-19)11-3-2-4-12(16)7-11/h2-8,15,18-19H,9H2,1H3. The number of benzene rings is 2. The molecule has 4 heteroatoms. The number of hydrogen-bond acceptors (Lipinski definition) is 2. The smallest absolute Gasteiger partial charge is 0.125 e. The van der Waals surface area contributed by atoms with Crippen LogP contribution in [0.4, 0.5) is 14.5 Å². The number of halogens is 2. The van der Waals surface area contributed by atoms with Crippen LogP contribution in [0, 0.1) is 18.6 Å². The van der Waals surface area contributed by atoms with Crippen LogP contribution in [-0.4, -0.2) is 11.7 Å². The molecule has 0 aliphatic heterocycles. The fourth-order valence-electron chi connectivity index (χ4n) is 1.98. The van der Waals surface area contributed by atoms with Gasteiger partial charge in [0.2, 0.25) is 0 Å². The van der Waals surface area contributed by atoms with Gasteiger partial charge >= 0.3 is 0 Å². The van der Waals surface area contributed by atoms with Gasteiger partial charge in [0.15, 0.2) is 0 Å². The molecule has 0 fully saturated rings. The molecule has 0 amide bonds. The molecule has 2 N–H and O–H groups in total. The first-order valence-corrected chi connectivity index (χ1v) is 5.98. The SMILES string of the molecule is Cc1cc(F)cc(NC(CO)c2cccc(F)c2)c1. The van der Waals surface area contributed by atoms with Crippen LogP contribution in [-0.2, 0) is 0 Å². The van der Waals surface area contributed by atoms with E-state index < -0.39 is 6.04 Å². The van der Waals surface area contributed by atoms with Crippen molar-refractivity contribution < 1.29 is 13.9 Å². The highest BCUT2D eigenvalue weighted by atomic mass is 19.1. The van der Waals surface area contributed by atoms with Crippen molar-refractivity contribution in [3.05, 3.63) is 65.2 Å². The summed E-state index contributed by atoms with van der Waals surface area (Å²) in [5.41, 5.74) is 1.95. The fourth-order valence-corrected chi connectivity index (χ4v) is 1.98. The molecular weight excluding hydrogens is 248 g/mol. The Balaban J connectivity index is 2.23. The minimum atomic E-state index is -0.475. The zero-order valence-electron chi connectivity index (χ0n) is 10.5. The van der Waals surface area contributed by atoms with E-state index in [0.29, 0.717) is 11.3 Å². The molecule has 1 atom stereocenters. The van der Waals surface area contributed by atoms with Gasteiger partial charge in [-0.15, -0.1) is 0 Å². The monoisotopic (exact) mass is 263 g/mol. The Morgan fingerprint density at radius 2 is 1.89 bits per heavy atom. The molecule has 2 aromatic rings. The largest absolute Gasteiger partial charge is 0.394 e. The van der Waals surface area contributed by atoms with Crippen LogP contribution in [0.15, 0.2) is 42.5 Å². The summed E-state index contributed by atoms with van der Waals surface area (Å²) < 4.78 is 26.4. The van der Waals surface area contributed by atoms with Gasteiger partial charge in [-0.2, -0.15) is 0 Å². The van der Waals surface area contributed by atoms with Gasteiger partial charge in [-0.05, 0) is 48.4 Å². The average Bonchev–Trinajstić information content (AvgIpc) is 2.34. The van der Waals surface area contributed by atoms with Gasteiger partial charge in [-0.1, -0.05) is 12.1 Å². The Morgan fingerprint density at radius 1 is 1.11 bits per heavy atom. The Labute approximate surface area is 110 Å². The van der Waals surface area contributed by atoms with Gasteiger partial charge < -0.3 is 10.4 Å². The highest BCUT2D eigenvalue weighted by molar-refractivity contribution is 5.48. The number of anilines is 1. The predicted molar refractivity (Wildman–Crippen MR) is 71.0 cm³/mol. The quantitative estimate of drug-likeness (QED) is 0.886. The van der Waals surface area contributed by atoms with E-state index in [-0.39, 0.29) is 18.2 Å². The summed E-state index contributed by atoms with van der Waals surface area (Å²) in [6, 6.07) is 10.0. The van der Waals surface area contributed by atoms with E-state index in [1.54, 1.807) is 25.1 Å². The minimum absolute atomic E-state index is 0.209. The molecule has 1 unspecified atom stereocenters. The van der Waals surface area contributed by atoms with E-state index in [9.17, 15) is 13.9 Å². The molecule has 0 saturated heterocycles. The first-order valence-electron chi connectivity index (χ1n) is 5.98. The van der Waals surface area contributed by atoms with Gasteiger partial charge in [-0.3, -0.25) is 0 Å². The van der Waals surface area contributed by atoms with Crippen molar-refractivity contribution in [3.63, 3.8) is 0 Å².